The minimum Gasteiger partial charge on any atom is -0.294 e. The summed E-state index contributed by atoms with van der Waals surface area (Å²) in [5.41, 5.74) is 6.81. The number of hydrogen-bond donors (Lipinski definition) is 0. The van der Waals surface area contributed by atoms with Crippen LogP contribution in [0.4, 0.5) is 0 Å². The molecule has 4 heteroatoms. The highest BCUT2D eigenvalue weighted by molar-refractivity contribution is 7.12. The molecule has 2 aromatic carbocycles. The first-order chi connectivity index (χ1) is 13.3. The summed E-state index contributed by atoms with van der Waals surface area (Å²) in [6, 6.07) is 22.4. The molecule has 0 atom stereocenters. The molecule has 3 aromatic rings. The molecule has 0 N–H and O–H groups in total. The van der Waals surface area contributed by atoms with Gasteiger partial charge in [0.2, 0.25) is 0 Å². The van der Waals surface area contributed by atoms with E-state index in [1.54, 1.807) is 11.3 Å². The van der Waals surface area contributed by atoms with E-state index in [0.29, 0.717) is 6.04 Å². The fourth-order valence-electron chi connectivity index (χ4n) is 4.34. The summed E-state index contributed by atoms with van der Waals surface area (Å²) in [6.45, 7) is 6.14. The number of hydrogen-bond acceptors (Lipinski definition) is 4. The van der Waals surface area contributed by atoms with E-state index in [-0.39, 0.29) is 0 Å². The van der Waals surface area contributed by atoms with Gasteiger partial charge in [-0.3, -0.25) is 9.91 Å². The molecule has 1 aliphatic carbocycles. The lowest BCUT2D eigenvalue weighted by Crippen LogP contribution is -2.45. The molecule has 2 aliphatic rings. The van der Waals surface area contributed by atoms with Crippen molar-refractivity contribution in [2.45, 2.75) is 13.0 Å². The van der Waals surface area contributed by atoms with Gasteiger partial charge in [0.25, 0.3) is 0 Å². The third-order valence-corrected chi connectivity index (χ3v) is 6.60. The summed E-state index contributed by atoms with van der Waals surface area (Å²) in [4.78, 5) is 3.88. The zero-order valence-electron chi connectivity index (χ0n) is 15.5. The van der Waals surface area contributed by atoms with Gasteiger partial charge in [-0.05, 0) is 40.6 Å². The number of benzene rings is 2. The Bertz CT molecular complexity index is 923. The first-order valence-corrected chi connectivity index (χ1v) is 10.5. The Morgan fingerprint density at radius 1 is 0.852 bits per heavy atom. The Morgan fingerprint density at radius 3 is 2.07 bits per heavy atom. The molecule has 1 saturated heterocycles. The van der Waals surface area contributed by atoms with Crippen molar-refractivity contribution < 1.29 is 0 Å². The molecule has 0 radical (unpaired) electrons. The van der Waals surface area contributed by atoms with Gasteiger partial charge in [0.05, 0.1) is 11.8 Å². The van der Waals surface area contributed by atoms with Crippen LogP contribution in [0.2, 0.25) is 0 Å². The minimum atomic E-state index is 0.377. The maximum absolute atomic E-state index is 4.86. The van der Waals surface area contributed by atoms with Crippen LogP contribution in [-0.2, 0) is 0 Å². The van der Waals surface area contributed by atoms with Crippen LogP contribution in [0.25, 0.3) is 11.1 Å². The van der Waals surface area contributed by atoms with Crippen molar-refractivity contribution in [2.75, 3.05) is 26.2 Å². The Hall–Kier alpha value is -2.43. The van der Waals surface area contributed by atoms with E-state index >= 15 is 0 Å². The number of rotatable bonds is 3. The number of piperazine rings is 1. The smallest absolute Gasteiger partial charge is 0.0746 e. The monoisotopic (exact) mass is 373 g/mol. The number of thiophene rings is 1. The van der Waals surface area contributed by atoms with Gasteiger partial charge < -0.3 is 0 Å². The molecule has 136 valence electrons. The number of nitrogens with zero attached hydrogens (tertiary/aromatic N) is 3. The van der Waals surface area contributed by atoms with Crippen LogP contribution in [-0.4, -0.2) is 41.8 Å². The summed E-state index contributed by atoms with van der Waals surface area (Å²) in [5.74, 6) is 0. The van der Waals surface area contributed by atoms with Crippen molar-refractivity contribution >= 4 is 17.0 Å². The van der Waals surface area contributed by atoms with E-state index in [1.165, 1.54) is 27.1 Å². The Balaban J connectivity index is 1.36. The standard InChI is InChI=1S/C23H23N3S/c1-17(22-11-6-16-27-22)24-26-14-12-25(13-15-26)23-20-9-4-2-7-18(20)19-8-3-5-10-21(19)23/h2-11,16,23H,12-15H2,1H3. The highest BCUT2D eigenvalue weighted by Crippen LogP contribution is 2.46. The molecule has 3 nitrogen and oxygen atoms in total. The fraction of sp³-hybridized carbons (Fsp3) is 0.261. The van der Waals surface area contributed by atoms with E-state index < -0.39 is 0 Å². The average molecular weight is 374 g/mol. The predicted octanol–water partition coefficient (Wildman–Crippen LogP) is 4.86. The molecular formula is C23H23N3S. The number of hydrazone groups is 1. The summed E-state index contributed by atoms with van der Waals surface area (Å²) in [6.07, 6.45) is 0. The molecule has 0 bridgehead atoms. The molecule has 0 amide bonds. The second-order valence-corrected chi connectivity index (χ2v) is 8.18. The summed E-state index contributed by atoms with van der Waals surface area (Å²) in [5, 5.41) is 9.21. The second-order valence-electron chi connectivity index (χ2n) is 7.23. The predicted molar refractivity (Wildman–Crippen MR) is 113 cm³/mol. The van der Waals surface area contributed by atoms with Crippen LogP contribution < -0.4 is 0 Å². The Morgan fingerprint density at radius 2 is 1.48 bits per heavy atom. The first kappa shape index (κ1) is 16.7. The van der Waals surface area contributed by atoms with Crippen molar-refractivity contribution in [2.24, 2.45) is 5.10 Å². The molecule has 1 aliphatic heterocycles. The third kappa shape index (κ3) is 2.99. The van der Waals surface area contributed by atoms with Gasteiger partial charge in [0.15, 0.2) is 0 Å². The maximum atomic E-state index is 4.86. The van der Waals surface area contributed by atoms with E-state index in [1.807, 2.05) is 0 Å². The molecular weight excluding hydrogens is 350 g/mol. The van der Waals surface area contributed by atoms with Gasteiger partial charge in [-0.15, -0.1) is 11.3 Å². The van der Waals surface area contributed by atoms with Crippen LogP contribution in [0.5, 0.6) is 0 Å². The maximum Gasteiger partial charge on any atom is 0.0746 e. The lowest BCUT2D eigenvalue weighted by atomic mass is 10.0. The van der Waals surface area contributed by atoms with Crippen molar-refractivity contribution in [1.82, 2.24) is 9.91 Å². The van der Waals surface area contributed by atoms with Crippen molar-refractivity contribution in [3.63, 3.8) is 0 Å². The topological polar surface area (TPSA) is 18.8 Å². The zero-order valence-corrected chi connectivity index (χ0v) is 16.3. The lowest BCUT2D eigenvalue weighted by Gasteiger charge is -2.37. The van der Waals surface area contributed by atoms with Gasteiger partial charge in [0.1, 0.15) is 0 Å². The highest BCUT2D eigenvalue weighted by Gasteiger charge is 2.33. The Kier molecular flexibility index (Phi) is 4.30. The van der Waals surface area contributed by atoms with Crippen LogP contribution in [0.3, 0.4) is 0 Å². The summed E-state index contributed by atoms with van der Waals surface area (Å²) >= 11 is 1.76. The SMILES string of the molecule is CC(=NN1CCN(C2c3ccccc3-c3ccccc32)CC1)c1cccs1. The van der Waals surface area contributed by atoms with Gasteiger partial charge >= 0.3 is 0 Å². The quantitative estimate of drug-likeness (QED) is 0.611. The van der Waals surface area contributed by atoms with Gasteiger partial charge in [-0.2, -0.15) is 5.10 Å². The second kappa shape index (κ2) is 6.95. The minimum absolute atomic E-state index is 0.377. The summed E-state index contributed by atoms with van der Waals surface area (Å²) in [7, 11) is 0. The van der Waals surface area contributed by atoms with E-state index in [0.717, 1.165) is 31.9 Å². The largest absolute Gasteiger partial charge is 0.294 e. The van der Waals surface area contributed by atoms with Crippen LogP contribution in [0.1, 0.15) is 29.0 Å². The van der Waals surface area contributed by atoms with E-state index in [9.17, 15) is 0 Å². The zero-order chi connectivity index (χ0) is 18.2. The van der Waals surface area contributed by atoms with Crippen LogP contribution in [0, 0.1) is 0 Å². The molecule has 2 heterocycles. The Labute approximate surface area is 164 Å². The average Bonchev–Trinajstić information content (AvgIpc) is 3.35. The van der Waals surface area contributed by atoms with Crippen molar-refractivity contribution in [3.8, 4) is 11.1 Å². The molecule has 1 aromatic heterocycles. The van der Waals surface area contributed by atoms with Crippen LogP contribution in [0.15, 0.2) is 71.1 Å². The van der Waals surface area contributed by atoms with Crippen molar-refractivity contribution in [3.05, 3.63) is 82.0 Å². The van der Waals surface area contributed by atoms with Gasteiger partial charge in [0, 0.05) is 31.1 Å². The van der Waals surface area contributed by atoms with E-state index in [2.05, 4.69) is 82.9 Å². The number of fused-ring (bicyclic) bond motifs is 3. The normalized spacial score (nSPS) is 17.8. The molecule has 0 unspecified atom stereocenters. The molecule has 0 saturated carbocycles. The molecule has 1 fully saturated rings. The lowest BCUT2D eigenvalue weighted by molar-refractivity contribution is 0.114. The first-order valence-electron chi connectivity index (χ1n) is 9.57. The van der Waals surface area contributed by atoms with Crippen molar-refractivity contribution in [1.29, 1.82) is 0 Å². The molecule has 0 spiro atoms. The third-order valence-electron chi connectivity index (χ3n) is 5.63. The molecule has 27 heavy (non-hydrogen) atoms. The molecule has 5 rings (SSSR count). The fourth-order valence-corrected chi connectivity index (χ4v) is 5.01. The van der Waals surface area contributed by atoms with Gasteiger partial charge in [-0.1, -0.05) is 54.6 Å². The summed E-state index contributed by atoms with van der Waals surface area (Å²) < 4.78 is 0. The van der Waals surface area contributed by atoms with Gasteiger partial charge in [-0.25, -0.2) is 0 Å². The van der Waals surface area contributed by atoms with Crippen LogP contribution >= 0.6 is 11.3 Å². The van der Waals surface area contributed by atoms with E-state index in [4.69, 9.17) is 5.10 Å². The highest BCUT2D eigenvalue weighted by atomic mass is 32.1.